The van der Waals surface area contributed by atoms with Crippen LogP contribution in [0.2, 0.25) is 0 Å². The molecule has 0 saturated carbocycles. The van der Waals surface area contributed by atoms with Gasteiger partial charge < -0.3 is 15.4 Å². The van der Waals surface area contributed by atoms with Gasteiger partial charge in [-0.2, -0.15) is 15.0 Å². The summed E-state index contributed by atoms with van der Waals surface area (Å²) in [5.74, 6) is 0.0776. The van der Waals surface area contributed by atoms with Crippen molar-refractivity contribution in [2.24, 2.45) is 7.05 Å². The lowest BCUT2D eigenvalue weighted by molar-refractivity contribution is -0.119. The molecule has 0 fully saturated rings. The van der Waals surface area contributed by atoms with Crippen molar-refractivity contribution in [2.75, 3.05) is 17.2 Å². The van der Waals surface area contributed by atoms with Crippen LogP contribution in [-0.4, -0.2) is 33.4 Å². The van der Waals surface area contributed by atoms with Crippen LogP contribution in [0.1, 0.15) is 12.1 Å². The Labute approximate surface area is 140 Å². The molecule has 3 rings (SSSR count). The Bertz CT molecular complexity index is 774. The Morgan fingerprint density at radius 1 is 1.52 bits per heavy atom. The van der Waals surface area contributed by atoms with E-state index in [0.29, 0.717) is 23.5 Å². The second-order valence-electron chi connectivity index (χ2n) is 5.04. The molecule has 9 heteroatoms. The lowest BCUT2D eigenvalue weighted by Crippen LogP contribution is -2.26. The number of nitrogens with zero attached hydrogens (tertiary/aromatic N) is 3. The Hall–Kier alpha value is -2.42. The summed E-state index contributed by atoms with van der Waals surface area (Å²) >= 11 is 3.36. The highest BCUT2D eigenvalue weighted by Crippen LogP contribution is 2.38. The summed E-state index contributed by atoms with van der Waals surface area (Å²) < 4.78 is 6.10. The lowest BCUT2D eigenvalue weighted by Gasteiger charge is -2.21. The van der Waals surface area contributed by atoms with E-state index < -0.39 is 0 Å². The standard InChI is InChI=1S/C14H14BrN5O3/c1-20-16-6-9(19-20)2-3-12(21)17-10-4-8(15)5-11-14(10)18-13(22)7-23-11/h4-6H,2-3,7H2,1H3,(H,17,21)(H,18,22). The van der Waals surface area contributed by atoms with Gasteiger partial charge in [0.15, 0.2) is 6.61 Å². The first-order valence-electron chi connectivity index (χ1n) is 6.92. The summed E-state index contributed by atoms with van der Waals surface area (Å²) in [4.78, 5) is 25.1. The summed E-state index contributed by atoms with van der Waals surface area (Å²) in [6.07, 6.45) is 2.37. The van der Waals surface area contributed by atoms with Crippen LogP contribution in [0.15, 0.2) is 22.8 Å². The summed E-state index contributed by atoms with van der Waals surface area (Å²) in [6, 6.07) is 3.46. The minimum absolute atomic E-state index is 0.0382. The fourth-order valence-corrected chi connectivity index (χ4v) is 2.64. The van der Waals surface area contributed by atoms with Gasteiger partial charge in [0.2, 0.25) is 5.91 Å². The predicted molar refractivity (Wildman–Crippen MR) is 86.2 cm³/mol. The highest BCUT2D eigenvalue weighted by atomic mass is 79.9. The van der Waals surface area contributed by atoms with Crippen LogP contribution in [0.4, 0.5) is 11.4 Å². The molecule has 0 atom stereocenters. The molecule has 2 N–H and O–H groups in total. The number of carbonyl (C=O) groups is 2. The number of fused-ring (bicyclic) bond motifs is 1. The molecular weight excluding hydrogens is 366 g/mol. The number of amides is 2. The molecule has 1 aromatic carbocycles. The summed E-state index contributed by atoms with van der Waals surface area (Å²) in [5.41, 5.74) is 1.71. The van der Waals surface area contributed by atoms with Gasteiger partial charge in [-0.3, -0.25) is 9.59 Å². The van der Waals surface area contributed by atoms with E-state index in [-0.39, 0.29) is 24.8 Å². The molecule has 2 heterocycles. The monoisotopic (exact) mass is 379 g/mol. The highest BCUT2D eigenvalue weighted by molar-refractivity contribution is 9.10. The van der Waals surface area contributed by atoms with Gasteiger partial charge in [0.25, 0.3) is 5.91 Å². The number of rotatable bonds is 4. The van der Waals surface area contributed by atoms with Crippen molar-refractivity contribution in [3.05, 3.63) is 28.5 Å². The molecule has 0 spiro atoms. The Kier molecular flexibility index (Phi) is 4.28. The number of aromatic nitrogens is 3. The van der Waals surface area contributed by atoms with E-state index in [0.717, 1.165) is 10.2 Å². The first-order chi connectivity index (χ1) is 11.0. The van der Waals surface area contributed by atoms with Crippen LogP contribution in [0.5, 0.6) is 5.75 Å². The molecule has 1 aliphatic rings. The minimum atomic E-state index is -0.255. The van der Waals surface area contributed by atoms with E-state index in [1.807, 2.05) is 0 Å². The number of benzene rings is 1. The quantitative estimate of drug-likeness (QED) is 0.838. The van der Waals surface area contributed by atoms with Crippen molar-refractivity contribution >= 4 is 39.1 Å². The SMILES string of the molecule is Cn1ncc(CCC(=O)Nc2cc(Br)cc3c2NC(=O)CO3)n1. The predicted octanol–water partition coefficient (Wildman–Crippen LogP) is 1.48. The smallest absolute Gasteiger partial charge is 0.262 e. The van der Waals surface area contributed by atoms with E-state index in [9.17, 15) is 9.59 Å². The fourth-order valence-electron chi connectivity index (χ4n) is 2.20. The van der Waals surface area contributed by atoms with E-state index in [2.05, 4.69) is 36.8 Å². The third kappa shape index (κ3) is 3.67. The first kappa shape index (κ1) is 15.5. The van der Waals surface area contributed by atoms with Crippen molar-refractivity contribution in [3.63, 3.8) is 0 Å². The number of aryl methyl sites for hydroxylation is 2. The number of hydrogen-bond donors (Lipinski definition) is 2. The molecule has 23 heavy (non-hydrogen) atoms. The molecule has 120 valence electrons. The topological polar surface area (TPSA) is 98.1 Å². The van der Waals surface area contributed by atoms with Gasteiger partial charge in [-0.05, 0) is 12.1 Å². The molecule has 2 aromatic rings. The molecule has 2 amide bonds. The van der Waals surface area contributed by atoms with Crippen LogP contribution in [0, 0.1) is 0 Å². The summed E-state index contributed by atoms with van der Waals surface area (Å²) in [6.45, 7) is -0.0382. The number of ether oxygens (including phenoxy) is 1. The van der Waals surface area contributed by atoms with E-state index in [4.69, 9.17) is 4.74 Å². The van der Waals surface area contributed by atoms with Gasteiger partial charge in [0, 0.05) is 24.4 Å². The lowest BCUT2D eigenvalue weighted by atomic mass is 10.2. The molecule has 0 unspecified atom stereocenters. The molecule has 8 nitrogen and oxygen atoms in total. The van der Waals surface area contributed by atoms with E-state index in [1.165, 1.54) is 4.80 Å². The van der Waals surface area contributed by atoms with E-state index in [1.54, 1.807) is 25.4 Å². The molecule has 0 radical (unpaired) electrons. The number of anilines is 2. The Balaban J connectivity index is 1.70. The van der Waals surface area contributed by atoms with Gasteiger partial charge in [0.1, 0.15) is 11.4 Å². The number of carbonyl (C=O) groups excluding carboxylic acids is 2. The van der Waals surface area contributed by atoms with Crippen LogP contribution in [0.25, 0.3) is 0 Å². The number of nitrogens with one attached hydrogen (secondary N) is 2. The maximum Gasteiger partial charge on any atom is 0.262 e. The van der Waals surface area contributed by atoms with Crippen molar-refractivity contribution in [1.82, 2.24) is 15.0 Å². The van der Waals surface area contributed by atoms with Gasteiger partial charge >= 0.3 is 0 Å². The van der Waals surface area contributed by atoms with Crippen molar-refractivity contribution in [2.45, 2.75) is 12.8 Å². The summed E-state index contributed by atoms with van der Waals surface area (Å²) in [7, 11) is 1.72. The highest BCUT2D eigenvalue weighted by Gasteiger charge is 2.21. The van der Waals surface area contributed by atoms with Gasteiger partial charge in [0.05, 0.1) is 17.6 Å². The zero-order valence-electron chi connectivity index (χ0n) is 12.3. The summed E-state index contributed by atoms with van der Waals surface area (Å²) in [5, 5.41) is 13.6. The second-order valence-corrected chi connectivity index (χ2v) is 5.95. The molecule has 1 aromatic heterocycles. The number of hydrogen-bond acceptors (Lipinski definition) is 5. The molecule has 0 bridgehead atoms. The minimum Gasteiger partial charge on any atom is -0.481 e. The Morgan fingerprint density at radius 3 is 3.09 bits per heavy atom. The molecule has 0 aliphatic carbocycles. The first-order valence-corrected chi connectivity index (χ1v) is 7.72. The zero-order chi connectivity index (χ0) is 16.4. The van der Waals surface area contributed by atoms with Crippen LogP contribution in [-0.2, 0) is 23.1 Å². The third-order valence-corrected chi connectivity index (χ3v) is 3.68. The van der Waals surface area contributed by atoms with Crippen LogP contribution >= 0.6 is 15.9 Å². The van der Waals surface area contributed by atoms with Gasteiger partial charge in [-0.25, -0.2) is 0 Å². The second kappa shape index (κ2) is 6.37. The maximum absolute atomic E-state index is 12.1. The largest absolute Gasteiger partial charge is 0.481 e. The fraction of sp³-hybridized carbons (Fsp3) is 0.286. The normalized spacial score (nSPS) is 13.0. The maximum atomic E-state index is 12.1. The number of halogens is 1. The Morgan fingerprint density at radius 2 is 2.35 bits per heavy atom. The zero-order valence-corrected chi connectivity index (χ0v) is 13.9. The van der Waals surface area contributed by atoms with Gasteiger partial charge in [-0.1, -0.05) is 15.9 Å². The van der Waals surface area contributed by atoms with Crippen molar-refractivity contribution in [1.29, 1.82) is 0 Å². The average Bonchev–Trinajstić information content (AvgIpc) is 2.91. The van der Waals surface area contributed by atoms with Crippen molar-refractivity contribution < 1.29 is 14.3 Å². The third-order valence-electron chi connectivity index (χ3n) is 3.22. The molecular formula is C14H14BrN5O3. The molecule has 1 aliphatic heterocycles. The van der Waals surface area contributed by atoms with Crippen molar-refractivity contribution in [3.8, 4) is 5.75 Å². The average molecular weight is 380 g/mol. The van der Waals surface area contributed by atoms with Gasteiger partial charge in [-0.15, -0.1) is 0 Å². The molecule has 0 saturated heterocycles. The van der Waals surface area contributed by atoms with E-state index >= 15 is 0 Å². The van der Waals surface area contributed by atoms with Crippen LogP contribution < -0.4 is 15.4 Å². The van der Waals surface area contributed by atoms with Crippen LogP contribution in [0.3, 0.4) is 0 Å².